The largest absolute Gasteiger partial charge is 0.369 e. The van der Waals surface area contributed by atoms with Crippen LogP contribution in [0.25, 0.3) is 17.0 Å². The van der Waals surface area contributed by atoms with Gasteiger partial charge in [-0.3, -0.25) is 0 Å². The third-order valence-corrected chi connectivity index (χ3v) is 4.52. The van der Waals surface area contributed by atoms with Crippen LogP contribution in [0.5, 0.6) is 0 Å². The van der Waals surface area contributed by atoms with Crippen LogP contribution in [0.4, 0.5) is 5.82 Å². The van der Waals surface area contributed by atoms with E-state index >= 15 is 0 Å². The van der Waals surface area contributed by atoms with E-state index in [0.29, 0.717) is 0 Å². The Bertz CT molecular complexity index is 915. The van der Waals surface area contributed by atoms with Gasteiger partial charge in [0.2, 0.25) is 0 Å². The molecule has 0 unspecified atom stereocenters. The zero-order chi connectivity index (χ0) is 16.2. The quantitative estimate of drug-likeness (QED) is 0.543. The molecule has 3 aromatic heterocycles. The molecule has 0 aliphatic carbocycles. The summed E-state index contributed by atoms with van der Waals surface area (Å²) in [7, 11) is 0. The summed E-state index contributed by atoms with van der Waals surface area (Å²) in [4.78, 5) is 0. The smallest absolute Gasteiger partial charge is 0.186 e. The monoisotopic (exact) mass is 335 g/mol. The molecule has 3 heterocycles. The molecule has 5 nitrogen and oxygen atoms in total. The van der Waals surface area contributed by atoms with Crippen LogP contribution < -0.4 is 5.32 Å². The van der Waals surface area contributed by atoms with Crippen LogP contribution in [0, 0.1) is 0 Å². The predicted molar refractivity (Wildman–Crippen MR) is 97.3 cm³/mol. The molecular weight excluding hydrogens is 318 g/mol. The average Bonchev–Trinajstić information content (AvgIpc) is 3.28. The molecule has 0 saturated carbocycles. The van der Waals surface area contributed by atoms with E-state index in [0.717, 1.165) is 42.2 Å². The maximum Gasteiger partial charge on any atom is 0.186 e. The molecule has 0 fully saturated rings. The number of hydrogen-bond acceptors (Lipinski definition) is 5. The fourth-order valence-corrected chi connectivity index (χ4v) is 3.24. The fourth-order valence-electron chi connectivity index (χ4n) is 2.61. The second kappa shape index (κ2) is 6.80. The molecule has 4 aromatic rings. The summed E-state index contributed by atoms with van der Waals surface area (Å²) in [5, 5.41) is 20.5. The molecule has 0 bridgehead atoms. The van der Waals surface area contributed by atoms with E-state index in [-0.39, 0.29) is 0 Å². The molecule has 6 heteroatoms. The molecule has 24 heavy (non-hydrogen) atoms. The highest BCUT2D eigenvalue weighted by Gasteiger charge is 2.10. The number of nitrogens with zero attached hydrogens (tertiary/aromatic N) is 4. The Morgan fingerprint density at radius 3 is 2.75 bits per heavy atom. The molecule has 0 spiro atoms. The SMILES string of the molecule is c1ccc(CCCNc2ccc3nnc(-c4ccsc4)n3n2)cc1. The van der Waals surface area contributed by atoms with Crippen molar-refractivity contribution in [3.05, 3.63) is 64.9 Å². The number of hydrogen-bond donors (Lipinski definition) is 1. The van der Waals surface area contributed by atoms with Gasteiger partial charge in [0.05, 0.1) is 0 Å². The predicted octanol–water partition coefficient (Wildman–Crippen LogP) is 3.90. The summed E-state index contributed by atoms with van der Waals surface area (Å²) in [6.07, 6.45) is 2.12. The van der Waals surface area contributed by atoms with Crippen LogP contribution in [0.1, 0.15) is 12.0 Å². The highest BCUT2D eigenvalue weighted by molar-refractivity contribution is 7.08. The van der Waals surface area contributed by atoms with E-state index < -0.39 is 0 Å². The van der Waals surface area contributed by atoms with Crippen molar-refractivity contribution in [3.63, 3.8) is 0 Å². The summed E-state index contributed by atoms with van der Waals surface area (Å²) in [6.45, 7) is 0.878. The molecule has 1 N–H and O–H groups in total. The number of aromatic nitrogens is 4. The van der Waals surface area contributed by atoms with Crippen LogP contribution >= 0.6 is 11.3 Å². The molecule has 0 atom stereocenters. The van der Waals surface area contributed by atoms with Gasteiger partial charge in [-0.25, -0.2) is 0 Å². The molecular formula is C18H17N5S. The van der Waals surface area contributed by atoms with Gasteiger partial charge in [0.1, 0.15) is 5.82 Å². The van der Waals surface area contributed by atoms with Gasteiger partial charge >= 0.3 is 0 Å². The van der Waals surface area contributed by atoms with Crippen molar-refractivity contribution in [2.75, 3.05) is 11.9 Å². The van der Waals surface area contributed by atoms with Crippen LogP contribution in [-0.4, -0.2) is 26.4 Å². The number of aryl methyl sites for hydroxylation is 1. The van der Waals surface area contributed by atoms with E-state index in [1.54, 1.807) is 15.9 Å². The lowest BCUT2D eigenvalue weighted by atomic mass is 10.1. The molecule has 120 valence electrons. The van der Waals surface area contributed by atoms with E-state index in [2.05, 4.69) is 50.3 Å². The number of nitrogens with one attached hydrogen (secondary N) is 1. The van der Waals surface area contributed by atoms with E-state index in [1.165, 1.54) is 5.56 Å². The Hall–Kier alpha value is -2.73. The Labute approximate surface area is 144 Å². The number of fused-ring (bicyclic) bond motifs is 1. The highest BCUT2D eigenvalue weighted by Crippen LogP contribution is 2.20. The zero-order valence-electron chi connectivity index (χ0n) is 13.1. The minimum Gasteiger partial charge on any atom is -0.369 e. The summed E-state index contributed by atoms with van der Waals surface area (Å²) < 4.78 is 1.79. The van der Waals surface area contributed by atoms with Gasteiger partial charge in [0, 0.05) is 17.5 Å². The lowest BCUT2D eigenvalue weighted by Crippen LogP contribution is -2.07. The number of rotatable bonds is 6. The lowest BCUT2D eigenvalue weighted by Gasteiger charge is -2.06. The number of benzene rings is 1. The second-order valence-corrected chi connectivity index (χ2v) is 6.32. The average molecular weight is 335 g/mol. The second-order valence-electron chi connectivity index (χ2n) is 5.54. The Morgan fingerprint density at radius 2 is 1.92 bits per heavy atom. The highest BCUT2D eigenvalue weighted by atomic mass is 32.1. The maximum atomic E-state index is 4.62. The Balaban J connectivity index is 1.44. The van der Waals surface area contributed by atoms with E-state index in [9.17, 15) is 0 Å². The van der Waals surface area contributed by atoms with Crippen molar-refractivity contribution in [1.29, 1.82) is 0 Å². The van der Waals surface area contributed by atoms with E-state index in [4.69, 9.17) is 0 Å². The fraction of sp³-hybridized carbons (Fsp3) is 0.167. The minimum atomic E-state index is 0.756. The standard InChI is InChI=1S/C18H17N5S/c1-2-5-14(6-3-1)7-4-11-19-16-8-9-17-20-21-18(23(17)22-16)15-10-12-24-13-15/h1-3,5-6,8-10,12-13H,4,7,11H2,(H,19,22). The summed E-state index contributed by atoms with van der Waals surface area (Å²) in [5.74, 6) is 1.62. The first-order chi connectivity index (χ1) is 11.9. The van der Waals surface area contributed by atoms with Crippen molar-refractivity contribution in [2.24, 2.45) is 0 Å². The normalized spacial score (nSPS) is 11.0. The summed E-state index contributed by atoms with van der Waals surface area (Å²) in [6, 6.07) is 16.4. The van der Waals surface area contributed by atoms with Crippen LogP contribution in [-0.2, 0) is 6.42 Å². The topological polar surface area (TPSA) is 55.1 Å². The first-order valence-electron chi connectivity index (χ1n) is 7.93. The molecule has 0 saturated heterocycles. The van der Waals surface area contributed by atoms with Crippen LogP contribution in [0.15, 0.2) is 59.3 Å². The minimum absolute atomic E-state index is 0.756. The molecule has 0 radical (unpaired) electrons. The van der Waals surface area contributed by atoms with Gasteiger partial charge in [-0.15, -0.1) is 15.3 Å². The van der Waals surface area contributed by atoms with Gasteiger partial charge in [0.25, 0.3) is 0 Å². The molecule has 0 aliphatic heterocycles. The third kappa shape index (κ3) is 3.14. The van der Waals surface area contributed by atoms with Crippen LogP contribution in [0.2, 0.25) is 0 Å². The molecule has 1 aromatic carbocycles. The van der Waals surface area contributed by atoms with Crippen molar-refractivity contribution in [1.82, 2.24) is 19.8 Å². The number of thiophene rings is 1. The Kier molecular flexibility index (Phi) is 4.20. The molecule has 0 aliphatic rings. The van der Waals surface area contributed by atoms with Gasteiger partial charge in [0.15, 0.2) is 11.5 Å². The van der Waals surface area contributed by atoms with Gasteiger partial charge in [-0.05, 0) is 42.0 Å². The first-order valence-corrected chi connectivity index (χ1v) is 8.87. The molecule has 0 amide bonds. The van der Waals surface area contributed by atoms with Crippen molar-refractivity contribution >= 4 is 22.8 Å². The molecule has 4 rings (SSSR count). The van der Waals surface area contributed by atoms with Crippen molar-refractivity contribution in [3.8, 4) is 11.4 Å². The maximum absolute atomic E-state index is 4.62. The summed E-state index contributed by atoms with van der Waals surface area (Å²) >= 11 is 1.64. The third-order valence-electron chi connectivity index (χ3n) is 3.83. The van der Waals surface area contributed by atoms with Gasteiger partial charge < -0.3 is 5.32 Å². The van der Waals surface area contributed by atoms with Gasteiger partial charge in [-0.1, -0.05) is 30.3 Å². The van der Waals surface area contributed by atoms with Gasteiger partial charge in [-0.2, -0.15) is 15.9 Å². The lowest BCUT2D eigenvalue weighted by molar-refractivity contribution is 0.846. The van der Waals surface area contributed by atoms with Crippen molar-refractivity contribution < 1.29 is 0 Å². The Morgan fingerprint density at radius 1 is 1.00 bits per heavy atom. The zero-order valence-corrected chi connectivity index (χ0v) is 13.9. The van der Waals surface area contributed by atoms with Crippen LogP contribution in [0.3, 0.4) is 0 Å². The summed E-state index contributed by atoms with van der Waals surface area (Å²) in [5.41, 5.74) is 3.16. The number of anilines is 1. The van der Waals surface area contributed by atoms with Crippen molar-refractivity contribution in [2.45, 2.75) is 12.8 Å². The van der Waals surface area contributed by atoms with E-state index in [1.807, 2.05) is 29.6 Å². The first kappa shape index (κ1) is 14.8.